The number of piperidine rings is 1. The van der Waals surface area contributed by atoms with E-state index in [1.165, 1.54) is 12.0 Å². The summed E-state index contributed by atoms with van der Waals surface area (Å²) in [6.07, 6.45) is 8.84. The summed E-state index contributed by atoms with van der Waals surface area (Å²) in [4.78, 5) is 18.6. The van der Waals surface area contributed by atoms with Crippen molar-refractivity contribution in [2.24, 2.45) is 4.99 Å². The first-order valence-corrected chi connectivity index (χ1v) is 13.7. The summed E-state index contributed by atoms with van der Waals surface area (Å²) in [6, 6.07) is 11.3. The van der Waals surface area contributed by atoms with Gasteiger partial charge in [-0.05, 0) is 44.0 Å². The first-order chi connectivity index (χ1) is 19.3. The quantitative estimate of drug-likeness (QED) is 0.364. The van der Waals surface area contributed by atoms with Gasteiger partial charge in [0.25, 0.3) is 0 Å². The molecule has 4 aliphatic heterocycles. The van der Waals surface area contributed by atoms with Gasteiger partial charge in [0.1, 0.15) is 18.2 Å². The fraction of sp³-hybridized carbons (Fsp3) is 0.400. The van der Waals surface area contributed by atoms with E-state index in [-0.39, 0.29) is 6.61 Å². The third-order valence-corrected chi connectivity index (χ3v) is 7.97. The predicted molar refractivity (Wildman–Crippen MR) is 152 cm³/mol. The van der Waals surface area contributed by atoms with E-state index in [0.29, 0.717) is 30.3 Å². The molecule has 206 valence electrons. The highest BCUT2D eigenvalue weighted by Crippen LogP contribution is 2.37. The van der Waals surface area contributed by atoms with Crippen LogP contribution in [-0.2, 0) is 13.1 Å². The van der Waals surface area contributed by atoms with Crippen molar-refractivity contribution < 1.29 is 14.6 Å². The number of pyridine rings is 3. The van der Waals surface area contributed by atoms with E-state index in [9.17, 15) is 5.11 Å². The molecule has 8 heterocycles. The maximum atomic E-state index is 10.2. The Labute approximate surface area is 232 Å². The zero-order valence-electron chi connectivity index (χ0n) is 23.0. The molecule has 4 aromatic heterocycles. The lowest BCUT2D eigenvalue weighted by atomic mass is 9.87. The summed E-state index contributed by atoms with van der Waals surface area (Å²) in [6.45, 7) is 7.06. The molecular weight excluding hydrogens is 506 g/mol. The third kappa shape index (κ3) is 4.56. The number of methoxy groups -OCH3 is 1. The van der Waals surface area contributed by atoms with Crippen LogP contribution in [-0.4, -0.2) is 80.3 Å². The number of anilines is 1. The number of hydrogen-bond donors (Lipinski definition) is 1. The van der Waals surface area contributed by atoms with E-state index in [0.717, 1.165) is 53.4 Å². The van der Waals surface area contributed by atoms with Crippen LogP contribution in [0.5, 0.6) is 11.6 Å². The topological polar surface area (TPSA) is 101 Å². The van der Waals surface area contributed by atoms with Gasteiger partial charge < -0.3 is 19.5 Å². The fourth-order valence-electron chi connectivity index (χ4n) is 5.96. The Balaban J connectivity index is 1.10. The Morgan fingerprint density at radius 1 is 1.07 bits per heavy atom. The number of ether oxygens (including phenoxy) is 2. The number of hydrogen-bond acceptors (Lipinski definition) is 9. The second kappa shape index (κ2) is 9.57. The molecule has 8 rings (SSSR count). The minimum absolute atomic E-state index is 0.181. The molecule has 0 spiro atoms. The van der Waals surface area contributed by atoms with Gasteiger partial charge in [0, 0.05) is 73.1 Å². The molecule has 3 fully saturated rings. The number of aliphatic imine (C=N–C) groups is 1. The summed E-state index contributed by atoms with van der Waals surface area (Å²) in [5, 5.41) is 14.9. The second-order valence-corrected chi connectivity index (χ2v) is 11.5. The van der Waals surface area contributed by atoms with Crippen LogP contribution in [0.3, 0.4) is 0 Å². The maximum absolute atomic E-state index is 10.2. The Morgan fingerprint density at radius 2 is 1.93 bits per heavy atom. The SMILES string of the molecule is COc1ccc(CN2C3CC2CN(c2ccc(-c4cc(OCC(C)(C)O)cn5nc6c(c45)C=NC6)cn2)C3)cn1. The average Bonchev–Trinajstić information content (AvgIpc) is 3.56. The van der Waals surface area contributed by atoms with Gasteiger partial charge in [-0.3, -0.25) is 9.89 Å². The zero-order chi connectivity index (χ0) is 27.4. The van der Waals surface area contributed by atoms with Crippen molar-refractivity contribution in [1.29, 1.82) is 0 Å². The van der Waals surface area contributed by atoms with Crippen molar-refractivity contribution in [3.63, 3.8) is 0 Å². The van der Waals surface area contributed by atoms with Gasteiger partial charge in [-0.1, -0.05) is 6.07 Å². The highest BCUT2D eigenvalue weighted by Gasteiger charge is 2.44. The molecule has 40 heavy (non-hydrogen) atoms. The Hall–Kier alpha value is -4.02. The number of piperazine rings is 1. The van der Waals surface area contributed by atoms with E-state index in [1.54, 1.807) is 21.0 Å². The lowest BCUT2D eigenvalue weighted by Crippen LogP contribution is -2.68. The normalized spacial score (nSPS) is 20.1. The molecule has 4 aromatic rings. The molecule has 0 aromatic carbocycles. The van der Waals surface area contributed by atoms with Crippen LogP contribution in [0.4, 0.5) is 5.82 Å². The van der Waals surface area contributed by atoms with E-state index >= 15 is 0 Å². The van der Waals surface area contributed by atoms with Crippen molar-refractivity contribution in [2.45, 2.75) is 51.0 Å². The molecule has 0 amide bonds. The first kappa shape index (κ1) is 25.0. The van der Waals surface area contributed by atoms with E-state index in [1.807, 2.05) is 41.5 Å². The first-order valence-electron chi connectivity index (χ1n) is 13.7. The number of aliphatic hydroxyl groups is 1. The lowest BCUT2D eigenvalue weighted by Gasteiger charge is -2.56. The lowest BCUT2D eigenvalue weighted by molar-refractivity contribution is -0.00876. The minimum atomic E-state index is -0.937. The summed E-state index contributed by atoms with van der Waals surface area (Å²) in [7, 11) is 1.64. The van der Waals surface area contributed by atoms with Gasteiger partial charge >= 0.3 is 0 Å². The molecular formula is C30H33N7O3. The molecule has 10 heteroatoms. The molecule has 0 aliphatic carbocycles. The number of fused-ring (bicyclic) bond motifs is 5. The molecule has 0 radical (unpaired) electrons. The smallest absolute Gasteiger partial charge is 0.212 e. The molecule has 0 saturated carbocycles. The van der Waals surface area contributed by atoms with Crippen molar-refractivity contribution in [3.8, 4) is 22.8 Å². The standard InChI is InChI=1S/C30H33N7O3/c1-30(2,38)18-40-23-9-24(29-25-12-31-13-26(25)34-37(29)17-23)20-5-6-27(32-11-20)35-15-21-8-22(16-35)36(21)14-19-4-7-28(39-3)33-10-19/h4-7,9-12,17,21-22,38H,8,13-16,18H2,1-3H3. The van der Waals surface area contributed by atoms with E-state index < -0.39 is 5.60 Å². The number of nitrogens with zero attached hydrogens (tertiary/aromatic N) is 7. The fourth-order valence-corrected chi connectivity index (χ4v) is 5.96. The number of rotatable bonds is 8. The van der Waals surface area contributed by atoms with Gasteiger partial charge in [0.15, 0.2) is 0 Å². The van der Waals surface area contributed by atoms with Crippen LogP contribution in [0.2, 0.25) is 0 Å². The molecule has 2 bridgehead atoms. The average molecular weight is 540 g/mol. The van der Waals surface area contributed by atoms with Crippen molar-refractivity contribution in [2.75, 3.05) is 31.7 Å². The summed E-state index contributed by atoms with van der Waals surface area (Å²) in [5.41, 5.74) is 5.22. The zero-order valence-corrected chi connectivity index (χ0v) is 23.0. The van der Waals surface area contributed by atoms with Gasteiger partial charge in [0.05, 0.1) is 36.7 Å². The van der Waals surface area contributed by atoms with Gasteiger partial charge in [0.2, 0.25) is 5.88 Å². The molecule has 10 nitrogen and oxygen atoms in total. The monoisotopic (exact) mass is 539 g/mol. The summed E-state index contributed by atoms with van der Waals surface area (Å²) >= 11 is 0. The molecule has 4 aliphatic rings. The van der Waals surface area contributed by atoms with Crippen molar-refractivity contribution in [1.82, 2.24) is 24.5 Å². The highest BCUT2D eigenvalue weighted by molar-refractivity contribution is 5.99. The Morgan fingerprint density at radius 3 is 2.62 bits per heavy atom. The summed E-state index contributed by atoms with van der Waals surface area (Å²) < 4.78 is 13.0. The second-order valence-electron chi connectivity index (χ2n) is 11.5. The van der Waals surface area contributed by atoms with Crippen LogP contribution in [0.25, 0.3) is 16.6 Å². The molecule has 3 saturated heterocycles. The molecule has 2 atom stereocenters. The van der Waals surface area contributed by atoms with E-state index in [2.05, 4.69) is 38.0 Å². The van der Waals surface area contributed by atoms with Gasteiger partial charge in [-0.15, -0.1) is 0 Å². The predicted octanol–water partition coefficient (Wildman–Crippen LogP) is 3.35. The molecule has 1 N–H and O–H groups in total. The van der Waals surface area contributed by atoms with Crippen LogP contribution in [0.15, 0.2) is 53.9 Å². The van der Waals surface area contributed by atoms with Crippen LogP contribution < -0.4 is 14.4 Å². The number of aromatic nitrogens is 4. The van der Waals surface area contributed by atoms with Crippen molar-refractivity contribution in [3.05, 3.63) is 65.7 Å². The van der Waals surface area contributed by atoms with Crippen LogP contribution >= 0.6 is 0 Å². The third-order valence-electron chi connectivity index (χ3n) is 7.97. The minimum Gasteiger partial charge on any atom is -0.489 e. The van der Waals surface area contributed by atoms with Crippen molar-refractivity contribution >= 4 is 17.5 Å². The van der Waals surface area contributed by atoms with Gasteiger partial charge in [-0.25, -0.2) is 14.5 Å². The Bertz CT molecular complexity index is 1560. The molecule has 2 unspecified atom stereocenters. The van der Waals surface area contributed by atoms with E-state index in [4.69, 9.17) is 19.6 Å². The van der Waals surface area contributed by atoms with Crippen LogP contribution in [0.1, 0.15) is 37.1 Å². The highest BCUT2D eigenvalue weighted by atomic mass is 16.5. The maximum Gasteiger partial charge on any atom is 0.212 e. The summed E-state index contributed by atoms with van der Waals surface area (Å²) in [5.74, 6) is 2.29. The largest absolute Gasteiger partial charge is 0.489 e. The Kier molecular flexibility index (Phi) is 5.97. The van der Waals surface area contributed by atoms with Gasteiger partial charge in [-0.2, -0.15) is 5.10 Å². The van der Waals surface area contributed by atoms with Crippen LogP contribution in [0, 0.1) is 0 Å².